The fourth-order valence-electron chi connectivity index (χ4n) is 1.95. The highest BCUT2D eigenvalue weighted by Gasteiger charge is 2.08. The SMILES string of the molecule is CC(C)c1cc2cc(C(C)N)ccc2[nH]c1=O. The first-order valence-corrected chi connectivity index (χ1v) is 5.91. The second kappa shape index (κ2) is 4.34. The average Bonchev–Trinajstić information content (AvgIpc) is 2.27. The summed E-state index contributed by atoms with van der Waals surface area (Å²) in [5.74, 6) is 0.224. The van der Waals surface area contributed by atoms with Gasteiger partial charge in [0.05, 0.1) is 0 Å². The number of nitrogens with one attached hydrogen (secondary N) is 1. The minimum absolute atomic E-state index is 0.000969. The molecule has 0 fully saturated rings. The Balaban J connectivity index is 2.68. The lowest BCUT2D eigenvalue weighted by Crippen LogP contribution is -2.13. The Labute approximate surface area is 101 Å². The van der Waals surface area contributed by atoms with Crippen molar-refractivity contribution in [1.82, 2.24) is 4.98 Å². The highest BCUT2D eigenvalue weighted by molar-refractivity contribution is 5.80. The van der Waals surface area contributed by atoms with Crippen LogP contribution in [0.5, 0.6) is 0 Å². The van der Waals surface area contributed by atoms with Crippen molar-refractivity contribution in [2.75, 3.05) is 0 Å². The predicted molar refractivity (Wildman–Crippen MR) is 71.3 cm³/mol. The molecule has 2 rings (SSSR count). The van der Waals surface area contributed by atoms with E-state index in [2.05, 4.69) is 4.98 Å². The third-order valence-electron chi connectivity index (χ3n) is 3.04. The molecule has 3 nitrogen and oxygen atoms in total. The zero-order valence-electron chi connectivity index (χ0n) is 10.4. The van der Waals surface area contributed by atoms with E-state index in [1.165, 1.54) is 0 Å². The van der Waals surface area contributed by atoms with E-state index in [1.54, 1.807) is 0 Å². The number of H-pyrrole nitrogens is 1. The maximum atomic E-state index is 11.8. The van der Waals surface area contributed by atoms with E-state index >= 15 is 0 Å². The van der Waals surface area contributed by atoms with Crippen LogP contribution in [0.3, 0.4) is 0 Å². The van der Waals surface area contributed by atoms with Gasteiger partial charge in [-0.3, -0.25) is 4.79 Å². The summed E-state index contributed by atoms with van der Waals surface area (Å²) in [4.78, 5) is 14.7. The summed E-state index contributed by atoms with van der Waals surface area (Å²) >= 11 is 0. The van der Waals surface area contributed by atoms with Crippen molar-refractivity contribution in [3.8, 4) is 0 Å². The van der Waals surface area contributed by atoms with Gasteiger partial charge in [-0.05, 0) is 42.0 Å². The molecule has 90 valence electrons. The first kappa shape index (κ1) is 11.9. The average molecular weight is 230 g/mol. The van der Waals surface area contributed by atoms with Gasteiger partial charge in [0.15, 0.2) is 0 Å². The number of nitrogens with two attached hydrogens (primary N) is 1. The van der Waals surface area contributed by atoms with E-state index in [4.69, 9.17) is 5.73 Å². The molecule has 0 spiro atoms. The van der Waals surface area contributed by atoms with E-state index in [1.807, 2.05) is 45.0 Å². The summed E-state index contributed by atoms with van der Waals surface area (Å²) in [5, 5.41) is 1.04. The molecular formula is C14H18N2O. The molecule has 1 heterocycles. The van der Waals surface area contributed by atoms with Gasteiger partial charge in [-0.15, -0.1) is 0 Å². The van der Waals surface area contributed by atoms with E-state index in [0.29, 0.717) is 0 Å². The number of hydrogen-bond acceptors (Lipinski definition) is 2. The topological polar surface area (TPSA) is 58.9 Å². The van der Waals surface area contributed by atoms with E-state index < -0.39 is 0 Å². The van der Waals surface area contributed by atoms with Crippen LogP contribution >= 0.6 is 0 Å². The zero-order chi connectivity index (χ0) is 12.6. The highest BCUT2D eigenvalue weighted by Crippen LogP contribution is 2.19. The third-order valence-corrected chi connectivity index (χ3v) is 3.04. The molecule has 0 saturated carbocycles. The Bertz CT molecular complexity index is 597. The van der Waals surface area contributed by atoms with Crippen molar-refractivity contribution < 1.29 is 0 Å². The summed E-state index contributed by atoms with van der Waals surface area (Å²) in [6.07, 6.45) is 0. The van der Waals surface area contributed by atoms with Gasteiger partial charge < -0.3 is 10.7 Å². The minimum atomic E-state index is 0.000969. The van der Waals surface area contributed by atoms with E-state index in [9.17, 15) is 4.79 Å². The van der Waals surface area contributed by atoms with Gasteiger partial charge in [0.25, 0.3) is 5.56 Å². The summed E-state index contributed by atoms with van der Waals surface area (Å²) in [5.41, 5.74) is 8.63. The molecule has 3 N–H and O–H groups in total. The monoisotopic (exact) mass is 230 g/mol. The molecule has 0 bridgehead atoms. The number of aromatic amines is 1. The Morgan fingerprint density at radius 1 is 1.18 bits per heavy atom. The molecule has 1 atom stereocenters. The Kier molecular flexibility index (Phi) is 3.03. The summed E-state index contributed by atoms with van der Waals surface area (Å²) in [6, 6.07) is 7.89. The van der Waals surface area contributed by atoms with Gasteiger partial charge in [0.1, 0.15) is 0 Å². The predicted octanol–water partition coefficient (Wildman–Crippen LogP) is 2.67. The lowest BCUT2D eigenvalue weighted by molar-refractivity contribution is 0.819. The molecule has 17 heavy (non-hydrogen) atoms. The standard InChI is InChI=1S/C14H18N2O/c1-8(2)12-7-11-6-10(9(3)15)4-5-13(11)16-14(12)17/h4-9H,15H2,1-3H3,(H,16,17). The fourth-order valence-corrected chi connectivity index (χ4v) is 1.95. The van der Waals surface area contributed by atoms with Gasteiger partial charge in [-0.25, -0.2) is 0 Å². The number of fused-ring (bicyclic) bond motifs is 1. The first-order chi connectivity index (χ1) is 7.99. The van der Waals surface area contributed by atoms with Crippen LogP contribution in [-0.2, 0) is 0 Å². The molecule has 0 aliphatic rings. The molecule has 0 aliphatic heterocycles. The van der Waals surface area contributed by atoms with Gasteiger partial charge in [0, 0.05) is 17.1 Å². The quantitative estimate of drug-likeness (QED) is 0.833. The number of rotatable bonds is 2. The van der Waals surface area contributed by atoms with E-state index in [-0.39, 0.29) is 17.5 Å². The van der Waals surface area contributed by atoms with Crippen LogP contribution in [-0.4, -0.2) is 4.98 Å². The fraction of sp³-hybridized carbons (Fsp3) is 0.357. The number of aromatic nitrogens is 1. The number of pyridine rings is 1. The van der Waals surface area contributed by atoms with Gasteiger partial charge in [0.2, 0.25) is 0 Å². The van der Waals surface area contributed by atoms with Crippen LogP contribution in [0, 0.1) is 0 Å². The van der Waals surface area contributed by atoms with Crippen LogP contribution in [0.1, 0.15) is 43.9 Å². The summed E-state index contributed by atoms with van der Waals surface area (Å²) in [7, 11) is 0. The minimum Gasteiger partial charge on any atom is -0.324 e. The molecule has 1 aromatic carbocycles. The van der Waals surface area contributed by atoms with Crippen LogP contribution in [0.4, 0.5) is 0 Å². The maximum Gasteiger partial charge on any atom is 0.251 e. The maximum absolute atomic E-state index is 11.8. The normalized spacial score (nSPS) is 13.2. The summed E-state index contributed by atoms with van der Waals surface area (Å²) in [6.45, 7) is 5.99. The molecule has 2 aromatic rings. The van der Waals surface area contributed by atoms with Gasteiger partial charge >= 0.3 is 0 Å². The van der Waals surface area contributed by atoms with Crippen LogP contribution < -0.4 is 11.3 Å². The highest BCUT2D eigenvalue weighted by atomic mass is 16.1. The van der Waals surface area contributed by atoms with Crippen molar-refractivity contribution in [3.05, 3.63) is 45.7 Å². The van der Waals surface area contributed by atoms with E-state index in [0.717, 1.165) is 22.0 Å². The molecule has 0 radical (unpaired) electrons. The molecule has 1 unspecified atom stereocenters. The largest absolute Gasteiger partial charge is 0.324 e. The number of hydrogen-bond donors (Lipinski definition) is 2. The smallest absolute Gasteiger partial charge is 0.251 e. The molecular weight excluding hydrogens is 212 g/mol. The third kappa shape index (κ3) is 2.24. The molecule has 0 amide bonds. The Morgan fingerprint density at radius 2 is 1.88 bits per heavy atom. The van der Waals surface area contributed by atoms with Crippen LogP contribution in [0.25, 0.3) is 10.9 Å². The zero-order valence-corrected chi connectivity index (χ0v) is 10.4. The molecule has 0 aliphatic carbocycles. The second-order valence-corrected chi connectivity index (χ2v) is 4.84. The van der Waals surface area contributed by atoms with Crippen LogP contribution in [0.2, 0.25) is 0 Å². The Morgan fingerprint density at radius 3 is 2.47 bits per heavy atom. The molecule has 0 saturated heterocycles. The number of benzene rings is 1. The Hall–Kier alpha value is -1.61. The van der Waals surface area contributed by atoms with Crippen molar-refractivity contribution in [2.24, 2.45) is 5.73 Å². The lowest BCUT2D eigenvalue weighted by Gasteiger charge is -2.09. The van der Waals surface area contributed by atoms with Crippen molar-refractivity contribution in [1.29, 1.82) is 0 Å². The van der Waals surface area contributed by atoms with Crippen molar-refractivity contribution in [3.63, 3.8) is 0 Å². The van der Waals surface area contributed by atoms with Crippen molar-refractivity contribution >= 4 is 10.9 Å². The van der Waals surface area contributed by atoms with Gasteiger partial charge in [-0.1, -0.05) is 19.9 Å². The van der Waals surface area contributed by atoms with Gasteiger partial charge in [-0.2, -0.15) is 0 Å². The van der Waals surface area contributed by atoms with Crippen molar-refractivity contribution in [2.45, 2.75) is 32.7 Å². The molecule has 3 heteroatoms. The summed E-state index contributed by atoms with van der Waals surface area (Å²) < 4.78 is 0. The second-order valence-electron chi connectivity index (χ2n) is 4.84. The lowest BCUT2D eigenvalue weighted by atomic mass is 10.0. The molecule has 1 aromatic heterocycles. The first-order valence-electron chi connectivity index (χ1n) is 5.91. The van der Waals surface area contributed by atoms with Crippen LogP contribution in [0.15, 0.2) is 29.1 Å².